The summed E-state index contributed by atoms with van der Waals surface area (Å²) in [4.78, 5) is 41.3. The Morgan fingerprint density at radius 3 is 2.27 bits per heavy atom. The fourth-order valence-electron chi connectivity index (χ4n) is 7.11. The number of hydrogen-bond acceptors (Lipinski definition) is 9. The first kappa shape index (κ1) is 36.4. The van der Waals surface area contributed by atoms with Gasteiger partial charge in [0.05, 0.1) is 51.7 Å². The van der Waals surface area contributed by atoms with Gasteiger partial charge in [-0.25, -0.2) is 4.98 Å². The molecule has 1 fully saturated rings. The molecule has 272 valence electrons. The van der Waals surface area contributed by atoms with Crippen molar-refractivity contribution in [2.75, 3.05) is 61.7 Å². The lowest BCUT2D eigenvalue weighted by Gasteiger charge is -2.33. The number of imidazole rings is 1. The van der Waals surface area contributed by atoms with Gasteiger partial charge in [0.2, 0.25) is 11.5 Å². The SMILES string of the molecule is COc1cccc(C(CCN2CCC(C(=O)c3nc4ccccc4n3Cc3ccccn3)CC2)CN(C)C(=O)c2cc(OC)c(OC)c(OC)c2)c1. The monoisotopic (exact) mass is 705 g/mol. The zero-order valence-electron chi connectivity index (χ0n) is 30.6. The Morgan fingerprint density at radius 1 is 0.865 bits per heavy atom. The Bertz CT molecular complexity index is 1960. The summed E-state index contributed by atoms with van der Waals surface area (Å²) in [7, 11) is 8.08. The zero-order valence-corrected chi connectivity index (χ0v) is 30.6. The fraction of sp³-hybridized carbons (Fsp3) is 0.366. The molecule has 52 heavy (non-hydrogen) atoms. The molecule has 0 N–H and O–H groups in total. The average molecular weight is 706 g/mol. The minimum absolute atomic E-state index is 0.0388. The number of nitrogens with zero attached hydrogens (tertiary/aromatic N) is 5. The number of para-hydroxylation sites is 2. The number of rotatable bonds is 15. The van der Waals surface area contributed by atoms with Crippen molar-refractivity contribution in [1.82, 2.24) is 24.3 Å². The summed E-state index contributed by atoms with van der Waals surface area (Å²) in [5.74, 6) is 2.44. The van der Waals surface area contributed by atoms with Crippen LogP contribution in [0.1, 0.15) is 57.4 Å². The van der Waals surface area contributed by atoms with Gasteiger partial charge in [-0.1, -0.05) is 30.3 Å². The molecule has 0 radical (unpaired) electrons. The van der Waals surface area contributed by atoms with E-state index in [-0.39, 0.29) is 23.5 Å². The number of benzene rings is 3. The lowest BCUT2D eigenvalue weighted by Crippen LogP contribution is -2.38. The molecule has 0 spiro atoms. The van der Waals surface area contributed by atoms with Crippen molar-refractivity contribution in [3.05, 3.63) is 108 Å². The van der Waals surface area contributed by atoms with Crippen LogP contribution >= 0.6 is 0 Å². The summed E-state index contributed by atoms with van der Waals surface area (Å²) < 4.78 is 24.0. The van der Waals surface area contributed by atoms with E-state index in [0.717, 1.165) is 66.9 Å². The topological polar surface area (TPSA) is 108 Å². The number of methoxy groups -OCH3 is 4. The summed E-state index contributed by atoms with van der Waals surface area (Å²) in [5.41, 5.74) is 4.18. The second-order valence-corrected chi connectivity index (χ2v) is 13.2. The number of likely N-dealkylation sites (N-methyl/N-ethyl adjacent to an activating group) is 1. The molecule has 1 aliphatic rings. The van der Waals surface area contributed by atoms with E-state index >= 15 is 0 Å². The number of ketones is 1. The molecule has 3 heterocycles. The molecule has 1 aliphatic heterocycles. The first-order valence-electron chi connectivity index (χ1n) is 17.6. The third-order valence-electron chi connectivity index (χ3n) is 9.99. The molecule has 1 amide bonds. The van der Waals surface area contributed by atoms with Gasteiger partial charge in [-0.2, -0.15) is 0 Å². The molecule has 1 unspecified atom stereocenters. The highest BCUT2D eigenvalue weighted by molar-refractivity contribution is 5.98. The number of piperidine rings is 1. The molecule has 11 heteroatoms. The number of Topliss-reactive ketones (excluding diaryl/α,β-unsaturated/α-hetero) is 1. The van der Waals surface area contributed by atoms with Crippen LogP contribution in [0.2, 0.25) is 0 Å². The standard InChI is InChI=1S/C41H47N5O6/c1-44(41(48)31-24-36(50-3)39(52-5)37(25-31)51-4)26-30(29-11-10-13-33(23-29)49-2)18-22-45-20-16-28(17-21-45)38(47)40-43-34-14-6-7-15-35(34)46(40)27-32-12-8-9-19-42-32/h6-15,19,23-25,28,30H,16-18,20-22,26-27H2,1-5H3. The van der Waals surface area contributed by atoms with Crippen LogP contribution in [0.5, 0.6) is 23.0 Å². The van der Waals surface area contributed by atoms with Crippen molar-refractivity contribution in [3.8, 4) is 23.0 Å². The number of hydrogen-bond donors (Lipinski definition) is 0. The van der Waals surface area contributed by atoms with Crippen LogP contribution in [0.4, 0.5) is 0 Å². The predicted octanol–water partition coefficient (Wildman–Crippen LogP) is 6.35. The van der Waals surface area contributed by atoms with Crippen molar-refractivity contribution in [1.29, 1.82) is 0 Å². The van der Waals surface area contributed by atoms with E-state index in [1.165, 1.54) is 21.3 Å². The third kappa shape index (κ3) is 8.05. The highest BCUT2D eigenvalue weighted by Gasteiger charge is 2.30. The molecular formula is C41H47N5O6. The fourth-order valence-corrected chi connectivity index (χ4v) is 7.11. The minimum Gasteiger partial charge on any atom is -0.497 e. The highest BCUT2D eigenvalue weighted by atomic mass is 16.5. The van der Waals surface area contributed by atoms with Crippen molar-refractivity contribution < 1.29 is 28.5 Å². The molecule has 0 bridgehead atoms. The lowest BCUT2D eigenvalue weighted by atomic mass is 9.90. The quantitative estimate of drug-likeness (QED) is 0.115. The molecule has 11 nitrogen and oxygen atoms in total. The van der Waals surface area contributed by atoms with Crippen LogP contribution < -0.4 is 18.9 Å². The van der Waals surface area contributed by atoms with E-state index in [2.05, 4.69) is 16.0 Å². The van der Waals surface area contributed by atoms with Gasteiger partial charge in [0.1, 0.15) is 5.75 Å². The average Bonchev–Trinajstić information content (AvgIpc) is 3.56. The van der Waals surface area contributed by atoms with Gasteiger partial charge in [-0.05, 0) is 93.0 Å². The number of carbonyl (C=O) groups excluding carboxylic acids is 2. The van der Waals surface area contributed by atoms with Gasteiger partial charge in [-0.15, -0.1) is 0 Å². The molecule has 1 saturated heterocycles. The third-order valence-corrected chi connectivity index (χ3v) is 9.99. The van der Waals surface area contributed by atoms with Gasteiger partial charge in [-0.3, -0.25) is 14.6 Å². The van der Waals surface area contributed by atoms with E-state index in [1.807, 2.05) is 72.3 Å². The summed E-state index contributed by atoms with van der Waals surface area (Å²) in [6, 6.07) is 25.1. The summed E-state index contributed by atoms with van der Waals surface area (Å²) in [6.45, 7) is 3.42. The Labute approximate surface area is 305 Å². The largest absolute Gasteiger partial charge is 0.497 e. The van der Waals surface area contributed by atoms with Crippen LogP contribution in [0, 0.1) is 5.92 Å². The molecule has 1 atom stereocenters. The van der Waals surface area contributed by atoms with Gasteiger partial charge in [0, 0.05) is 37.2 Å². The zero-order chi connectivity index (χ0) is 36.6. The molecule has 2 aromatic heterocycles. The molecule has 0 saturated carbocycles. The molecule has 3 aromatic carbocycles. The number of carbonyl (C=O) groups is 2. The summed E-state index contributed by atoms with van der Waals surface area (Å²) in [5, 5.41) is 0. The smallest absolute Gasteiger partial charge is 0.253 e. The maximum Gasteiger partial charge on any atom is 0.253 e. The van der Waals surface area contributed by atoms with Crippen molar-refractivity contribution in [2.45, 2.75) is 31.7 Å². The second-order valence-electron chi connectivity index (χ2n) is 13.2. The number of aromatic nitrogens is 3. The maximum absolute atomic E-state index is 14.0. The van der Waals surface area contributed by atoms with Crippen molar-refractivity contribution in [3.63, 3.8) is 0 Å². The molecule has 6 rings (SSSR count). The molecule has 0 aliphatic carbocycles. The van der Waals surface area contributed by atoms with Gasteiger partial charge >= 0.3 is 0 Å². The van der Waals surface area contributed by atoms with Gasteiger partial charge in [0.15, 0.2) is 17.3 Å². The summed E-state index contributed by atoms with van der Waals surface area (Å²) in [6.07, 6.45) is 4.11. The normalized spacial score (nSPS) is 14.2. The van der Waals surface area contributed by atoms with Gasteiger partial charge in [0.25, 0.3) is 5.91 Å². The first-order chi connectivity index (χ1) is 25.3. The first-order valence-corrected chi connectivity index (χ1v) is 17.6. The van der Waals surface area contributed by atoms with E-state index in [1.54, 1.807) is 30.3 Å². The Kier molecular flexibility index (Phi) is 11.7. The maximum atomic E-state index is 14.0. The predicted molar refractivity (Wildman–Crippen MR) is 200 cm³/mol. The highest BCUT2D eigenvalue weighted by Crippen LogP contribution is 2.38. The Morgan fingerprint density at radius 2 is 1.60 bits per heavy atom. The number of amides is 1. The number of ether oxygens (including phenoxy) is 4. The summed E-state index contributed by atoms with van der Waals surface area (Å²) >= 11 is 0. The van der Waals surface area contributed by atoms with Gasteiger partial charge < -0.3 is 33.3 Å². The molecular weight excluding hydrogens is 658 g/mol. The number of fused-ring (bicyclic) bond motifs is 1. The lowest BCUT2D eigenvalue weighted by molar-refractivity contribution is 0.0778. The van der Waals surface area contributed by atoms with Crippen molar-refractivity contribution >= 4 is 22.7 Å². The van der Waals surface area contributed by atoms with Crippen LogP contribution in [-0.4, -0.2) is 97.7 Å². The van der Waals surface area contributed by atoms with Crippen LogP contribution in [0.25, 0.3) is 11.0 Å². The minimum atomic E-state index is -0.152. The Balaban J connectivity index is 1.13. The number of likely N-dealkylation sites (tertiary alicyclic amines) is 1. The van der Waals surface area contributed by atoms with Crippen molar-refractivity contribution in [2.24, 2.45) is 5.92 Å². The van der Waals surface area contributed by atoms with E-state index < -0.39 is 0 Å². The van der Waals surface area contributed by atoms with Crippen LogP contribution in [0.3, 0.4) is 0 Å². The van der Waals surface area contributed by atoms with Crippen LogP contribution in [0.15, 0.2) is 85.1 Å². The Hall–Kier alpha value is -5.42. The van der Waals surface area contributed by atoms with E-state index in [0.29, 0.717) is 41.7 Å². The van der Waals surface area contributed by atoms with E-state index in [4.69, 9.17) is 23.9 Å². The van der Waals surface area contributed by atoms with E-state index in [9.17, 15) is 9.59 Å². The molecule has 5 aromatic rings. The second kappa shape index (κ2) is 16.7. The van der Waals surface area contributed by atoms with Crippen LogP contribution in [-0.2, 0) is 6.54 Å². The number of pyridine rings is 1.